The Morgan fingerprint density at radius 1 is 0.783 bits per heavy atom. The molecule has 0 aromatic carbocycles. The van der Waals surface area contributed by atoms with E-state index in [0.29, 0.717) is 5.92 Å². The third-order valence-corrected chi connectivity index (χ3v) is 6.02. The van der Waals surface area contributed by atoms with Gasteiger partial charge in [-0.25, -0.2) is 0 Å². The number of hydrogen-bond donors (Lipinski definition) is 0. The molecule has 0 aromatic heterocycles. The van der Waals surface area contributed by atoms with Crippen molar-refractivity contribution in [2.75, 3.05) is 0 Å². The first-order valence-corrected chi connectivity index (χ1v) is 10.1. The van der Waals surface area contributed by atoms with E-state index < -0.39 is 0 Å². The van der Waals surface area contributed by atoms with Crippen molar-refractivity contribution in [3.8, 4) is 6.07 Å². The quantitative estimate of drug-likeness (QED) is 0.287. The molecule has 0 bridgehead atoms. The average Bonchev–Trinajstić information content (AvgIpc) is 2.60. The van der Waals surface area contributed by atoms with E-state index >= 15 is 0 Å². The number of nitriles is 1. The van der Waals surface area contributed by atoms with E-state index in [-0.39, 0.29) is 0 Å². The van der Waals surface area contributed by atoms with Crippen molar-refractivity contribution in [1.29, 1.82) is 5.26 Å². The molecule has 0 aromatic rings. The van der Waals surface area contributed by atoms with Crippen molar-refractivity contribution >= 4 is 0 Å². The fourth-order valence-electron chi connectivity index (χ4n) is 4.38. The van der Waals surface area contributed by atoms with Gasteiger partial charge in [0.25, 0.3) is 0 Å². The van der Waals surface area contributed by atoms with Crippen LogP contribution >= 0.6 is 0 Å². The highest BCUT2D eigenvalue weighted by Crippen LogP contribution is 2.34. The molecule has 0 aliphatic heterocycles. The summed E-state index contributed by atoms with van der Waals surface area (Å²) in [4.78, 5) is 0. The SMILES string of the molecule is CCCCC[C@H]1CC[C@H](C=C[C@H]2CC[C@H](C=CC#N)CC2)CC1. The van der Waals surface area contributed by atoms with E-state index in [1.807, 2.05) is 0 Å². The Bertz CT molecular complexity index is 398. The molecule has 0 atom stereocenters. The molecule has 2 fully saturated rings. The highest BCUT2D eigenvalue weighted by atomic mass is 14.3. The van der Waals surface area contributed by atoms with Crippen molar-refractivity contribution in [2.45, 2.75) is 84.0 Å². The first kappa shape index (κ1) is 18.3. The van der Waals surface area contributed by atoms with Crippen LogP contribution in [0, 0.1) is 35.0 Å². The van der Waals surface area contributed by atoms with Gasteiger partial charge in [-0.15, -0.1) is 0 Å². The Hall–Kier alpha value is -1.03. The summed E-state index contributed by atoms with van der Waals surface area (Å²) >= 11 is 0. The normalized spacial score (nSPS) is 32.3. The number of allylic oxidation sites excluding steroid dienone is 4. The zero-order valence-corrected chi connectivity index (χ0v) is 15.1. The van der Waals surface area contributed by atoms with Crippen molar-refractivity contribution < 1.29 is 0 Å². The van der Waals surface area contributed by atoms with Crippen molar-refractivity contribution in [3.63, 3.8) is 0 Å². The summed E-state index contributed by atoms with van der Waals surface area (Å²) in [5.41, 5.74) is 0. The van der Waals surface area contributed by atoms with E-state index in [2.05, 4.69) is 31.2 Å². The fourth-order valence-corrected chi connectivity index (χ4v) is 4.38. The second-order valence-corrected chi connectivity index (χ2v) is 7.82. The van der Waals surface area contributed by atoms with Crippen LogP contribution in [0.1, 0.15) is 84.0 Å². The van der Waals surface area contributed by atoms with Crippen molar-refractivity contribution in [2.24, 2.45) is 23.7 Å². The second kappa shape index (κ2) is 10.7. The molecular weight excluding hydrogens is 278 g/mol. The molecule has 128 valence electrons. The van der Waals surface area contributed by atoms with Gasteiger partial charge in [0.1, 0.15) is 0 Å². The maximum atomic E-state index is 8.61. The summed E-state index contributed by atoms with van der Waals surface area (Å²) in [7, 11) is 0. The van der Waals surface area contributed by atoms with Crippen LogP contribution in [0.2, 0.25) is 0 Å². The van der Waals surface area contributed by atoms with Crippen LogP contribution in [-0.4, -0.2) is 0 Å². The molecular formula is C22H35N. The molecule has 0 spiro atoms. The standard InChI is InChI=1S/C22H35N/c1-2-3-4-6-19-8-12-21(13-9-19)16-17-22-14-10-20(11-15-22)7-5-18-23/h5,7,16-17,19-22H,2-4,6,8-15H2,1H3/t19-,20-,21-,22-. The minimum Gasteiger partial charge on any atom is -0.193 e. The predicted molar refractivity (Wildman–Crippen MR) is 98.9 cm³/mol. The summed E-state index contributed by atoms with van der Waals surface area (Å²) in [5.74, 6) is 3.32. The molecule has 2 aliphatic rings. The summed E-state index contributed by atoms with van der Waals surface area (Å²) in [6, 6.07) is 2.12. The molecule has 0 amide bonds. The highest BCUT2D eigenvalue weighted by Gasteiger charge is 2.21. The Balaban J connectivity index is 1.62. The van der Waals surface area contributed by atoms with Crippen LogP contribution in [0.3, 0.4) is 0 Å². The van der Waals surface area contributed by atoms with Gasteiger partial charge in [-0.2, -0.15) is 5.26 Å². The van der Waals surface area contributed by atoms with Gasteiger partial charge >= 0.3 is 0 Å². The molecule has 0 unspecified atom stereocenters. The number of nitrogens with zero attached hydrogens (tertiary/aromatic N) is 1. The highest BCUT2D eigenvalue weighted by molar-refractivity contribution is 5.05. The lowest BCUT2D eigenvalue weighted by Gasteiger charge is -2.28. The molecule has 2 aliphatic carbocycles. The predicted octanol–water partition coefficient (Wildman–Crippen LogP) is 6.82. The van der Waals surface area contributed by atoms with Gasteiger partial charge in [0.15, 0.2) is 0 Å². The third kappa shape index (κ3) is 6.94. The molecule has 2 rings (SSSR count). The number of hydrogen-bond acceptors (Lipinski definition) is 1. The van der Waals surface area contributed by atoms with Gasteiger partial charge in [-0.1, -0.05) is 50.8 Å². The van der Waals surface area contributed by atoms with E-state index in [0.717, 1.165) is 17.8 Å². The van der Waals surface area contributed by atoms with Crippen molar-refractivity contribution in [3.05, 3.63) is 24.3 Å². The molecule has 2 saturated carbocycles. The van der Waals surface area contributed by atoms with Crippen LogP contribution in [0.15, 0.2) is 24.3 Å². The summed E-state index contributed by atoms with van der Waals surface area (Å²) in [6.07, 6.45) is 25.5. The van der Waals surface area contributed by atoms with Gasteiger partial charge in [0, 0.05) is 6.08 Å². The van der Waals surface area contributed by atoms with Crippen LogP contribution in [-0.2, 0) is 0 Å². The Morgan fingerprint density at radius 2 is 1.30 bits per heavy atom. The number of rotatable bonds is 7. The van der Waals surface area contributed by atoms with Crippen molar-refractivity contribution in [1.82, 2.24) is 0 Å². The Labute approximate surface area is 143 Å². The average molecular weight is 314 g/mol. The molecule has 1 nitrogen and oxygen atoms in total. The maximum absolute atomic E-state index is 8.61. The smallest absolute Gasteiger partial charge is 0.0908 e. The molecule has 0 saturated heterocycles. The molecule has 1 heteroatoms. The lowest BCUT2D eigenvalue weighted by Crippen LogP contribution is -2.14. The largest absolute Gasteiger partial charge is 0.193 e. The van der Waals surface area contributed by atoms with Crippen LogP contribution < -0.4 is 0 Å². The Kier molecular flexibility index (Phi) is 8.51. The summed E-state index contributed by atoms with van der Waals surface area (Å²) in [5, 5.41) is 8.61. The lowest BCUT2D eigenvalue weighted by molar-refractivity contribution is 0.287. The first-order chi connectivity index (χ1) is 11.3. The third-order valence-electron chi connectivity index (χ3n) is 6.02. The minimum atomic E-state index is 0.651. The zero-order chi connectivity index (χ0) is 16.3. The van der Waals surface area contributed by atoms with E-state index in [9.17, 15) is 0 Å². The number of unbranched alkanes of at least 4 members (excludes halogenated alkanes) is 2. The minimum absolute atomic E-state index is 0.651. The fraction of sp³-hybridized carbons (Fsp3) is 0.773. The van der Waals surface area contributed by atoms with Crippen LogP contribution in [0.5, 0.6) is 0 Å². The van der Waals surface area contributed by atoms with Gasteiger partial charge in [0.05, 0.1) is 6.07 Å². The first-order valence-electron chi connectivity index (χ1n) is 10.1. The van der Waals surface area contributed by atoms with Crippen LogP contribution in [0.4, 0.5) is 0 Å². The molecule has 0 heterocycles. The van der Waals surface area contributed by atoms with Crippen LogP contribution in [0.25, 0.3) is 0 Å². The summed E-state index contributed by atoms with van der Waals surface area (Å²) in [6.45, 7) is 2.30. The molecule has 0 radical (unpaired) electrons. The topological polar surface area (TPSA) is 23.8 Å². The van der Waals surface area contributed by atoms with E-state index in [1.54, 1.807) is 6.08 Å². The van der Waals surface area contributed by atoms with E-state index in [4.69, 9.17) is 5.26 Å². The van der Waals surface area contributed by atoms with Gasteiger partial charge in [-0.3, -0.25) is 0 Å². The molecule has 23 heavy (non-hydrogen) atoms. The van der Waals surface area contributed by atoms with Gasteiger partial charge in [0.2, 0.25) is 0 Å². The zero-order valence-electron chi connectivity index (χ0n) is 15.1. The summed E-state index contributed by atoms with van der Waals surface area (Å²) < 4.78 is 0. The molecule has 0 N–H and O–H groups in total. The van der Waals surface area contributed by atoms with E-state index in [1.165, 1.54) is 77.0 Å². The Morgan fingerprint density at radius 3 is 1.83 bits per heavy atom. The monoisotopic (exact) mass is 313 g/mol. The lowest BCUT2D eigenvalue weighted by atomic mass is 9.78. The van der Waals surface area contributed by atoms with Gasteiger partial charge < -0.3 is 0 Å². The second-order valence-electron chi connectivity index (χ2n) is 7.82. The maximum Gasteiger partial charge on any atom is 0.0908 e. The van der Waals surface area contributed by atoms with Gasteiger partial charge in [-0.05, 0) is 75.0 Å².